The smallest absolute Gasteiger partial charge is 0.407 e. The number of ether oxygens (including phenoxy) is 3. The average Bonchev–Trinajstić information content (AvgIpc) is 2.73. The fourth-order valence-electron chi connectivity index (χ4n) is 3.15. The molecule has 2 amide bonds. The van der Waals surface area contributed by atoms with Crippen LogP contribution in [0, 0.1) is 11.8 Å². The maximum Gasteiger partial charge on any atom is 0.407 e. The van der Waals surface area contributed by atoms with E-state index in [1.807, 2.05) is 37.3 Å². The van der Waals surface area contributed by atoms with Gasteiger partial charge in [-0.25, -0.2) is 9.59 Å². The zero-order chi connectivity index (χ0) is 24.9. The maximum atomic E-state index is 12.2. The van der Waals surface area contributed by atoms with Crippen molar-refractivity contribution in [1.82, 2.24) is 10.6 Å². The minimum Gasteiger partial charge on any atom is -0.466 e. The molecule has 8 nitrogen and oxygen atoms in total. The largest absolute Gasteiger partial charge is 0.466 e. The summed E-state index contributed by atoms with van der Waals surface area (Å²) in [4.78, 5) is 36.4. The second-order valence-electron chi connectivity index (χ2n) is 8.88. The number of esters is 1. The predicted octanol–water partition coefficient (Wildman–Crippen LogP) is 4.59. The van der Waals surface area contributed by atoms with Crippen molar-refractivity contribution in [3.8, 4) is 0 Å². The van der Waals surface area contributed by atoms with Crippen molar-refractivity contribution >= 4 is 18.2 Å². The summed E-state index contributed by atoms with van der Waals surface area (Å²) in [5, 5.41) is 5.58. The Balaban J connectivity index is 2.75. The van der Waals surface area contributed by atoms with Gasteiger partial charge in [-0.3, -0.25) is 4.79 Å². The molecule has 0 radical (unpaired) electrons. The van der Waals surface area contributed by atoms with Crippen LogP contribution in [0.2, 0.25) is 0 Å². The molecule has 1 unspecified atom stereocenters. The molecule has 0 saturated heterocycles. The third kappa shape index (κ3) is 12.6. The first kappa shape index (κ1) is 28.0. The highest BCUT2D eigenvalue weighted by Gasteiger charge is 2.26. The number of carbonyl (C=O) groups is 3. The molecule has 33 heavy (non-hydrogen) atoms. The first-order chi connectivity index (χ1) is 15.5. The van der Waals surface area contributed by atoms with E-state index in [-0.39, 0.29) is 43.4 Å². The first-order valence-corrected chi connectivity index (χ1v) is 11.3. The molecule has 3 atom stereocenters. The molecular formula is C25H38N2O6. The minimum absolute atomic E-state index is 0.154. The van der Waals surface area contributed by atoms with Crippen molar-refractivity contribution < 1.29 is 28.6 Å². The van der Waals surface area contributed by atoms with Crippen LogP contribution in [0.25, 0.3) is 0 Å². The van der Waals surface area contributed by atoms with E-state index in [2.05, 4.69) is 17.2 Å². The summed E-state index contributed by atoms with van der Waals surface area (Å²) in [5.41, 5.74) is 0.247. The Morgan fingerprint density at radius 2 is 1.76 bits per heavy atom. The molecule has 0 bridgehead atoms. The SMILES string of the molecule is C=CC(CC(=O)OCC)C[C@@H](CNC(=O)OCc1ccccc1)[C@@H](C)NC(=O)OC(C)(C)C. The van der Waals surface area contributed by atoms with E-state index in [0.717, 1.165) is 5.56 Å². The van der Waals surface area contributed by atoms with Gasteiger partial charge < -0.3 is 24.8 Å². The van der Waals surface area contributed by atoms with Gasteiger partial charge in [0.15, 0.2) is 0 Å². The van der Waals surface area contributed by atoms with E-state index < -0.39 is 17.8 Å². The quantitative estimate of drug-likeness (QED) is 0.268. The van der Waals surface area contributed by atoms with Gasteiger partial charge in [-0.05, 0) is 58.4 Å². The number of benzene rings is 1. The van der Waals surface area contributed by atoms with Gasteiger partial charge in [0.05, 0.1) is 13.0 Å². The van der Waals surface area contributed by atoms with Crippen molar-refractivity contribution in [1.29, 1.82) is 0 Å². The summed E-state index contributed by atoms with van der Waals surface area (Å²) in [6.07, 6.45) is 1.25. The second kappa shape index (κ2) is 14.2. The topological polar surface area (TPSA) is 103 Å². The summed E-state index contributed by atoms with van der Waals surface area (Å²) in [6.45, 7) is 13.4. The van der Waals surface area contributed by atoms with Gasteiger partial charge in [0.1, 0.15) is 12.2 Å². The lowest BCUT2D eigenvalue weighted by Crippen LogP contribution is -2.45. The van der Waals surface area contributed by atoms with Crippen molar-refractivity contribution in [2.24, 2.45) is 11.8 Å². The third-order valence-electron chi connectivity index (χ3n) is 4.85. The molecular weight excluding hydrogens is 424 g/mol. The third-order valence-corrected chi connectivity index (χ3v) is 4.85. The monoisotopic (exact) mass is 462 g/mol. The Bertz CT molecular complexity index is 760. The van der Waals surface area contributed by atoms with Crippen molar-refractivity contribution in [2.45, 2.75) is 65.7 Å². The summed E-state index contributed by atoms with van der Waals surface area (Å²) in [5.74, 6) is -0.706. The normalized spacial score (nSPS) is 13.7. The fourth-order valence-corrected chi connectivity index (χ4v) is 3.15. The van der Waals surface area contributed by atoms with Crippen molar-refractivity contribution in [3.05, 3.63) is 48.6 Å². The maximum absolute atomic E-state index is 12.2. The van der Waals surface area contributed by atoms with Gasteiger partial charge in [0, 0.05) is 12.6 Å². The van der Waals surface area contributed by atoms with Crippen molar-refractivity contribution in [3.63, 3.8) is 0 Å². The van der Waals surface area contributed by atoms with Crippen LogP contribution in [0.5, 0.6) is 0 Å². The van der Waals surface area contributed by atoms with E-state index >= 15 is 0 Å². The molecule has 0 aliphatic carbocycles. The lowest BCUT2D eigenvalue weighted by molar-refractivity contribution is -0.144. The molecule has 0 aliphatic rings. The molecule has 0 saturated carbocycles. The Hall–Kier alpha value is -3.03. The Morgan fingerprint density at radius 1 is 1.09 bits per heavy atom. The van der Waals surface area contributed by atoms with Crippen LogP contribution in [0.4, 0.5) is 9.59 Å². The van der Waals surface area contributed by atoms with Crippen LogP contribution < -0.4 is 10.6 Å². The summed E-state index contributed by atoms with van der Waals surface area (Å²) < 4.78 is 15.7. The minimum atomic E-state index is -0.633. The molecule has 2 N–H and O–H groups in total. The highest BCUT2D eigenvalue weighted by molar-refractivity contribution is 5.70. The number of rotatable bonds is 12. The van der Waals surface area contributed by atoms with E-state index in [1.165, 1.54) is 0 Å². The number of allylic oxidation sites excluding steroid dienone is 1. The molecule has 0 fully saturated rings. The van der Waals surface area contributed by atoms with Crippen LogP contribution >= 0.6 is 0 Å². The van der Waals surface area contributed by atoms with Crippen LogP contribution in [-0.4, -0.2) is 43.0 Å². The molecule has 0 aromatic heterocycles. The molecule has 1 aromatic rings. The van der Waals surface area contributed by atoms with Crippen LogP contribution in [-0.2, 0) is 25.6 Å². The summed E-state index contributed by atoms with van der Waals surface area (Å²) >= 11 is 0. The van der Waals surface area contributed by atoms with E-state index in [1.54, 1.807) is 33.8 Å². The molecule has 0 aliphatic heterocycles. The number of carbonyl (C=O) groups excluding carboxylic acids is 3. The molecule has 184 valence electrons. The Labute approximate surface area is 197 Å². The Kier molecular flexibility index (Phi) is 12.0. The summed E-state index contributed by atoms with van der Waals surface area (Å²) in [6, 6.07) is 9.02. The lowest BCUT2D eigenvalue weighted by atomic mass is 9.87. The van der Waals surface area contributed by atoms with Gasteiger partial charge in [-0.2, -0.15) is 0 Å². The van der Waals surface area contributed by atoms with E-state index in [4.69, 9.17) is 14.2 Å². The molecule has 1 rings (SSSR count). The fraction of sp³-hybridized carbons (Fsp3) is 0.560. The molecule has 1 aromatic carbocycles. The molecule has 0 heterocycles. The van der Waals surface area contributed by atoms with Crippen LogP contribution in [0.1, 0.15) is 53.0 Å². The number of nitrogens with one attached hydrogen (secondary N) is 2. The molecule has 8 heteroatoms. The van der Waals surface area contributed by atoms with Crippen molar-refractivity contribution in [2.75, 3.05) is 13.2 Å². The van der Waals surface area contributed by atoms with Gasteiger partial charge in [0.2, 0.25) is 0 Å². The number of hydrogen-bond acceptors (Lipinski definition) is 6. The number of amides is 2. The highest BCUT2D eigenvalue weighted by Crippen LogP contribution is 2.21. The number of alkyl carbamates (subject to hydrolysis) is 2. The number of hydrogen-bond donors (Lipinski definition) is 2. The second-order valence-corrected chi connectivity index (χ2v) is 8.88. The van der Waals surface area contributed by atoms with E-state index in [0.29, 0.717) is 13.0 Å². The van der Waals surface area contributed by atoms with Gasteiger partial charge in [-0.1, -0.05) is 36.4 Å². The standard InChI is InChI=1S/C25H38N2O6/c1-7-19(15-22(28)31-8-2)14-21(18(3)27-24(30)33-25(4,5)6)16-26-23(29)32-17-20-12-10-9-11-13-20/h7,9-13,18-19,21H,1,8,14-17H2,2-6H3,(H,26,29)(H,27,30)/t18-,19?,21+/m1/s1. The summed E-state index contributed by atoms with van der Waals surface area (Å²) in [7, 11) is 0. The lowest BCUT2D eigenvalue weighted by Gasteiger charge is -2.29. The van der Waals surface area contributed by atoms with Gasteiger partial charge in [0.25, 0.3) is 0 Å². The Morgan fingerprint density at radius 3 is 2.33 bits per heavy atom. The van der Waals surface area contributed by atoms with Gasteiger partial charge in [-0.15, -0.1) is 6.58 Å². The van der Waals surface area contributed by atoms with Crippen LogP contribution in [0.15, 0.2) is 43.0 Å². The zero-order valence-electron chi connectivity index (χ0n) is 20.4. The molecule has 0 spiro atoms. The zero-order valence-corrected chi connectivity index (χ0v) is 20.4. The van der Waals surface area contributed by atoms with Crippen LogP contribution in [0.3, 0.4) is 0 Å². The van der Waals surface area contributed by atoms with E-state index in [9.17, 15) is 14.4 Å². The average molecular weight is 463 g/mol. The predicted molar refractivity (Wildman–Crippen MR) is 127 cm³/mol. The first-order valence-electron chi connectivity index (χ1n) is 11.3. The van der Waals surface area contributed by atoms with Gasteiger partial charge >= 0.3 is 18.2 Å². The highest BCUT2D eigenvalue weighted by atomic mass is 16.6.